The number of benzene rings is 4. The molecule has 0 aliphatic carbocycles. The average molecular weight is 543 g/mol. The van der Waals surface area contributed by atoms with Crippen LogP contribution in [0.4, 0.5) is 13.2 Å². The molecule has 40 heavy (non-hydrogen) atoms. The van der Waals surface area contributed by atoms with Crippen LogP contribution < -0.4 is 9.47 Å². The van der Waals surface area contributed by atoms with E-state index in [1.165, 1.54) is 6.07 Å². The summed E-state index contributed by atoms with van der Waals surface area (Å²) in [5, 5.41) is 0. The minimum absolute atomic E-state index is 0.182. The maximum absolute atomic E-state index is 15.1. The van der Waals surface area contributed by atoms with Crippen LogP contribution in [0, 0.1) is 17.5 Å². The largest absolute Gasteiger partial charge is 0.494 e. The standard InChI is InChI=1S/C35H33F3O2/c1-3-5-7-23-40-33-21-12-26(24-32(33)36)9-8-25-10-13-27(14-11-25)30-19-20-31(35(38)34(30)37)28-15-17-29(18-16-28)39-22-6-4-2/h3,8-21,24H,1,4-7,22-23H2,2H3/b9-8+. The van der Waals surface area contributed by atoms with E-state index in [1.54, 1.807) is 72.8 Å². The second kappa shape index (κ2) is 14.2. The highest BCUT2D eigenvalue weighted by atomic mass is 19.2. The van der Waals surface area contributed by atoms with Crippen LogP contribution in [0.3, 0.4) is 0 Å². The second-order valence-electron chi connectivity index (χ2n) is 9.44. The fraction of sp³-hybridized carbons (Fsp3) is 0.200. The molecule has 0 fully saturated rings. The predicted octanol–water partition coefficient (Wildman–Crippen LogP) is 10.1. The van der Waals surface area contributed by atoms with Crippen molar-refractivity contribution in [2.45, 2.75) is 32.6 Å². The number of ether oxygens (including phenoxy) is 2. The van der Waals surface area contributed by atoms with Gasteiger partial charge in [-0.1, -0.05) is 86.2 Å². The maximum atomic E-state index is 15.1. The Kier molecular flexibility index (Phi) is 10.2. The first kappa shape index (κ1) is 28.8. The Labute approximate surface area is 234 Å². The number of halogens is 3. The number of rotatable bonds is 13. The van der Waals surface area contributed by atoms with Gasteiger partial charge in [-0.05, 0) is 65.8 Å². The number of unbranched alkanes of at least 4 members (excludes halogenated alkanes) is 2. The number of allylic oxidation sites excluding steroid dienone is 1. The van der Waals surface area contributed by atoms with Crippen molar-refractivity contribution in [2.75, 3.05) is 13.2 Å². The first-order valence-electron chi connectivity index (χ1n) is 13.5. The maximum Gasteiger partial charge on any atom is 0.167 e. The topological polar surface area (TPSA) is 18.5 Å². The van der Waals surface area contributed by atoms with Gasteiger partial charge >= 0.3 is 0 Å². The van der Waals surface area contributed by atoms with E-state index in [2.05, 4.69) is 13.5 Å². The summed E-state index contributed by atoms with van der Waals surface area (Å²) in [5.41, 5.74) is 3.04. The van der Waals surface area contributed by atoms with E-state index in [-0.39, 0.29) is 16.9 Å². The zero-order valence-electron chi connectivity index (χ0n) is 22.6. The van der Waals surface area contributed by atoms with Crippen LogP contribution in [0.2, 0.25) is 0 Å². The van der Waals surface area contributed by atoms with Crippen molar-refractivity contribution in [3.05, 3.63) is 120 Å². The van der Waals surface area contributed by atoms with Gasteiger partial charge in [0.1, 0.15) is 5.75 Å². The summed E-state index contributed by atoms with van der Waals surface area (Å²) >= 11 is 0. The molecule has 0 aromatic heterocycles. The molecule has 5 heteroatoms. The Morgan fingerprint density at radius 2 is 1.25 bits per heavy atom. The molecule has 0 N–H and O–H groups in total. The van der Waals surface area contributed by atoms with E-state index in [1.807, 2.05) is 18.2 Å². The van der Waals surface area contributed by atoms with Crippen molar-refractivity contribution in [3.63, 3.8) is 0 Å². The minimum Gasteiger partial charge on any atom is -0.494 e. The smallest absolute Gasteiger partial charge is 0.167 e. The summed E-state index contributed by atoms with van der Waals surface area (Å²) in [6.45, 7) is 6.80. The Balaban J connectivity index is 1.43. The van der Waals surface area contributed by atoms with Gasteiger partial charge < -0.3 is 9.47 Å². The van der Waals surface area contributed by atoms with Crippen LogP contribution in [-0.4, -0.2) is 13.2 Å². The van der Waals surface area contributed by atoms with E-state index in [4.69, 9.17) is 9.47 Å². The van der Waals surface area contributed by atoms with Gasteiger partial charge in [0.25, 0.3) is 0 Å². The van der Waals surface area contributed by atoms with Crippen molar-refractivity contribution < 1.29 is 22.6 Å². The fourth-order valence-corrected chi connectivity index (χ4v) is 4.17. The van der Waals surface area contributed by atoms with Gasteiger partial charge in [0.2, 0.25) is 0 Å². The van der Waals surface area contributed by atoms with Gasteiger partial charge in [0, 0.05) is 11.1 Å². The zero-order valence-corrected chi connectivity index (χ0v) is 22.6. The summed E-state index contributed by atoms with van der Waals surface area (Å²) in [6.07, 6.45) is 9.02. The molecular weight excluding hydrogens is 509 g/mol. The van der Waals surface area contributed by atoms with Crippen LogP contribution in [0.15, 0.2) is 91.5 Å². The molecule has 2 nitrogen and oxygen atoms in total. The van der Waals surface area contributed by atoms with E-state index in [9.17, 15) is 4.39 Å². The predicted molar refractivity (Wildman–Crippen MR) is 158 cm³/mol. The molecule has 0 aliphatic rings. The summed E-state index contributed by atoms with van der Waals surface area (Å²) < 4.78 is 55.7. The number of hydrogen-bond donors (Lipinski definition) is 0. The van der Waals surface area contributed by atoms with Crippen molar-refractivity contribution in [3.8, 4) is 33.8 Å². The third-order valence-electron chi connectivity index (χ3n) is 6.47. The van der Waals surface area contributed by atoms with Gasteiger partial charge in [0.15, 0.2) is 23.2 Å². The van der Waals surface area contributed by atoms with Crippen molar-refractivity contribution >= 4 is 12.2 Å². The van der Waals surface area contributed by atoms with Gasteiger partial charge in [-0.3, -0.25) is 0 Å². The SMILES string of the molecule is C=CCCCOc1ccc(/C=C/c2ccc(-c3ccc(-c4ccc(OCCCC)cc4)c(F)c3F)cc2)cc1F. The summed E-state index contributed by atoms with van der Waals surface area (Å²) in [7, 11) is 0. The van der Waals surface area contributed by atoms with Crippen LogP contribution in [0.1, 0.15) is 43.7 Å². The van der Waals surface area contributed by atoms with Crippen LogP contribution in [-0.2, 0) is 0 Å². The van der Waals surface area contributed by atoms with Crippen LogP contribution in [0.25, 0.3) is 34.4 Å². The molecule has 0 spiro atoms. The summed E-state index contributed by atoms with van der Waals surface area (Å²) in [4.78, 5) is 0. The van der Waals surface area contributed by atoms with Gasteiger partial charge in [0.05, 0.1) is 13.2 Å². The molecule has 4 aromatic rings. The van der Waals surface area contributed by atoms with Crippen molar-refractivity contribution in [1.29, 1.82) is 0 Å². The monoisotopic (exact) mass is 542 g/mol. The van der Waals surface area contributed by atoms with E-state index in [0.29, 0.717) is 35.7 Å². The lowest BCUT2D eigenvalue weighted by atomic mass is 9.98. The molecule has 0 amide bonds. The van der Waals surface area contributed by atoms with Crippen molar-refractivity contribution in [1.82, 2.24) is 0 Å². The molecule has 0 radical (unpaired) electrons. The van der Waals surface area contributed by atoms with E-state index in [0.717, 1.165) is 31.2 Å². The highest BCUT2D eigenvalue weighted by Crippen LogP contribution is 2.32. The highest BCUT2D eigenvalue weighted by molar-refractivity contribution is 5.75. The molecular formula is C35H33F3O2. The molecule has 0 aliphatic heterocycles. The molecule has 0 atom stereocenters. The summed E-state index contributed by atoms with van der Waals surface area (Å²) in [5.74, 6) is -1.29. The normalized spacial score (nSPS) is 11.1. The van der Waals surface area contributed by atoms with Gasteiger partial charge in [-0.15, -0.1) is 6.58 Å². The Morgan fingerprint density at radius 3 is 1.85 bits per heavy atom. The zero-order chi connectivity index (χ0) is 28.3. The first-order valence-corrected chi connectivity index (χ1v) is 13.5. The summed E-state index contributed by atoms with van der Waals surface area (Å²) in [6, 6.07) is 22.1. The third-order valence-corrected chi connectivity index (χ3v) is 6.47. The average Bonchev–Trinajstić information content (AvgIpc) is 2.97. The highest BCUT2D eigenvalue weighted by Gasteiger charge is 2.16. The molecule has 0 saturated heterocycles. The van der Waals surface area contributed by atoms with E-state index < -0.39 is 17.5 Å². The molecule has 206 valence electrons. The lowest BCUT2D eigenvalue weighted by molar-refractivity contribution is 0.296. The van der Waals surface area contributed by atoms with E-state index >= 15 is 8.78 Å². The number of hydrogen-bond acceptors (Lipinski definition) is 2. The molecule has 0 bridgehead atoms. The molecule has 4 aromatic carbocycles. The molecule has 4 rings (SSSR count). The third kappa shape index (κ3) is 7.44. The lowest BCUT2D eigenvalue weighted by Gasteiger charge is -2.11. The molecule has 0 unspecified atom stereocenters. The van der Waals surface area contributed by atoms with Gasteiger partial charge in [-0.2, -0.15) is 0 Å². The quantitative estimate of drug-likeness (QED) is 0.0951. The van der Waals surface area contributed by atoms with Gasteiger partial charge in [-0.25, -0.2) is 13.2 Å². The Bertz CT molecular complexity index is 1440. The van der Waals surface area contributed by atoms with Crippen LogP contribution in [0.5, 0.6) is 11.5 Å². The van der Waals surface area contributed by atoms with Crippen LogP contribution >= 0.6 is 0 Å². The Morgan fingerprint density at radius 1 is 0.675 bits per heavy atom. The minimum atomic E-state index is -0.897. The fourth-order valence-electron chi connectivity index (χ4n) is 4.17. The Hall–Kier alpha value is -4.25. The second-order valence-corrected chi connectivity index (χ2v) is 9.44. The lowest BCUT2D eigenvalue weighted by Crippen LogP contribution is -1.98. The van der Waals surface area contributed by atoms with Crippen molar-refractivity contribution in [2.24, 2.45) is 0 Å². The first-order chi connectivity index (χ1) is 19.5. The molecule has 0 heterocycles. The molecule has 0 saturated carbocycles.